The number of carboxylic acid groups (broad SMARTS) is 1. The number of benzene rings is 2. The molecule has 8 nitrogen and oxygen atoms in total. The fraction of sp³-hybridized carbons (Fsp3) is 0.182. The van der Waals surface area contributed by atoms with E-state index in [1.54, 1.807) is 0 Å². The number of aromatic amines is 1. The average Bonchev–Trinajstić information content (AvgIpc) is 3.18. The molecule has 0 spiro atoms. The van der Waals surface area contributed by atoms with Gasteiger partial charge in [0.2, 0.25) is 0 Å². The zero-order chi connectivity index (χ0) is 24.0. The van der Waals surface area contributed by atoms with Gasteiger partial charge in [-0.1, -0.05) is 42.5 Å². The molecule has 11 heteroatoms. The van der Waals surface area contributed by atoms with Crippen LogP contribution in [0.5, 0.6) is 0 Å². The number of fused-ring (bicyclic) bond motifs is 1. The minimum atomic E-state index is -5.08. The normalized spacial score (nSPS) is 12.0. The summed E-state index contributed by atoms with van der Waals surface area (Å²) in [5.41, 5.74) is 4.60. The highest BCUT2D eigenvalue weighted by Crippen LogP contribution is 2.24. The number of nitrogens with zero attached hydrogens (tertiary/aromatic N) is 3. The zero-order valence-corrected chi connectivity index (χ0v) is 17.3. The van der Waals surface area contributed by atoms with Gasteiger partial charge in [-0.05, 0) is 18.6 Å². The number of H-pyrrole nitrogens is 1. The number of aliphatic carboxylic acids is 1. The van der Waals surface area contributed by atoms with Crippen molar-refractivity contribution in [2.45, 2.75) is 19.2 Å². The molecular weight excluding hydrogens is 439 g/mol. The summed E-state index contributed by atoms with van der Waals surface area (Å²) in [6.07, 6.45) is -4.16. The fourth-order valence-corrected chi connectivity index (χ4v) is 2.91. The van der Waals surface area contributed by atoms with Crippen molar-refractivity contribution in [1.29, 1.82) is 0 Å². The maximum absolute atomic E-state index is 10.6. The predicted molar refractivity (Wildman–Crippen MR) is 115 cm³/mol. The Morgan fingerprint density at radius 2 is 1.82 bits per heavy atom. The molecule has 0 saturated heterocycles. The van der Waals surface area contributed by atoms with Gasteiger partial charge >= 0.3 is 12.1 Å². The van der Waals surface area contributed by atoms with E-state index in [0.29, 0.717) is 12.4 Å². The Balaban J connectivity index is 0.000000383. The monoisotopic (exact) mass is 459 g/mol. The lowest BCUT2D eigenvalue weighted by atomic mass is 10.1. The number of carbonyl (C=O) groups is 1. The van der Waals surface area contributed by atoms with Crippen LogP contribution in [0.4, 0.5) is 19.0 Å². The van der Waals surface area contributed by atoms with Crippen LogP contribution in [0.15, 0.2) is 60.9 Å². The van der Waals surface area contributed by atoms with Gasteiger partial charge in [0, 0.05) is 29.3 Å². The number of carboxylic acids is 1. The highest BCUT2D eigenvalue weighted by molar-refractivity contribution is 5.85. The molecule has 4 aromatic rings. The fourth-order valence-electron chi connectivity index (χ4n) is 2.91. The van der Waals surface area contributed by atoms with Gasteiger partial charge in [0.25, 0.3) is 0 Å². The third-order valence-electron chi connectivity index (χ3n) is 4.61. The van der Waals surface area contributed by atoms with Gasteiger partial charge in [0.1, 0.15) is 12.1 Å². The molecule has 2 aromatic heterocycles. The summed E-state index contributed by atoms with van der Waals surface area (Å²) in [5, 5.41) is 29.0. The van der Waals surface area contributed by atoms with E-state index in [2.05, 4.69) is 25.5 Å². The Hall–Kier alpha value is -3.99. The van der Waals surface area contributed by atoms with Gasteiger partial charge in [0.15, 0.2) is 0 Å². The summed E-state index contributed by atoms with van der Waals surface area (Å²) >= 11 is 0. The quantitative estimate of drug-likeness (QED) is 0.354. The van der Waals surface area contributed by atoms with E-state index < -0.39 is 18.2 Å². The highest BCUT2D eigenvalue weighted by atomic mass is 19.4. The summed E-state index contributed by atoms with van der Waals surface area (Å²) in [7, 11) is 0. The predicted octanol–water partition coefficient (Wildman–Crippen LogP) is 4.11. The number of nitrogens with one attached hydrogen (secondary N) is 2. The topological polar surface area (TPSA) is 124 Å². The van der Waals surface area contributed by atoms with Gasteiger partial charge in [-0.25, -0.2) is 14.8 Å². The summed E-state index contributed by atoms with van der Waals surface area (Å²) < 4.78 is 31.7. The van der Waals surface area contributed by atoms with Gasteiger partial charge in [-0.15, -0.1) is 0 Å². The number of alkyl halides is 3. The number of rotatable bonds is 5. The maximum Gasteiger partial charge on any atom is 0.490 e. The van der Waals surface area contributed by atoms with Crippen molar-refractivity contribution in [3.05, 3.63) is 72.2 Å². The Morgan fingerprint density at radius 1 is 1.12 bits per heavy atom. The molecular formula is C22H20F3N5O3. The second kappa shape index (κ2) is 10.1. The van der Waals surface area contributed by atoms with E-state index in [-0.39, 0.29) is 0 Å². The van der Waals surface area contributed by atoms with Crippen molar-refractivity contribution >= 4 is 22.7 Å². The SMILES string of the molecule is Cc1[nH]nc2cc(-c3cc(NC[C@H](O)c4ccccc4)ncn3)ccc12.O=C(O)C(F)(F)F. The van der Waals surface area contributed by atoms with Crippen molar-refractivity contribution in [3.8, 4) is 11.3 Å². The summed E-state index contributed by atoms with van der Waals surface area (Å²) in [6.45, 7) is 2.37. The summed E-state index contributed by atoms with van der Waals surface area (Å²) in [4.78, 5) is 17.5. The number of anilines is 1. The van der Waals surface area contributed by atoms with Crippen LogP contribution in [0, 0.1) is 6.92 Å². The average molecular weight is 459 g/mol. The van der Waals surface area contributed by atoms with Crippen molar-refractivity contribution < 1.29 is 28.2 Å². The molecule has 0 saturated carbocycles. The van der Waals surface area contributed by atoms with Gasteiger partial charge in [0.05, 0.1) is 17.3 Å². The van der Waals surface area contributed by atoms with Crippen LogP contribution in [0.1, 0.15) is 17.4 Å². The molecule has 172 valence electrons. The molecule has 2 aromatic carbocycles. The van der Waals surface area contributed by atoms with Crippen LogP contribution >= 0.6 is 0 Å². The lowest BCUT2D eigenvalue weighted by Crippen LogP contribution is -2.21. The van der Waals surface area contributed by atoms with E-state index in [1.807, 2.05) is 61.5 Å². The number of aryl methyl sites for hydroxylation is 1. The Kier molecular flexibility index (Phi) is 7.23. The largest absolute Gasteiger partial charge is 0.490 e. The van der Waals surface area contributed by atoms with E-state index in [0.717, 1.165) is 33.4 Å². The smallest absolute Gasteiger partial charge is 0.475 e. The first-order valence-corrected chi connectivity index (χ1v) is 9.69. The molecule has 0 aliphatic carbocycles. The van der Waals surface area contributed by atoms with Crippen molar-refractivity contribution in [3.63, 3.8) is 0 Å². The molecule has 0 bridgehead atoms. The molecule has 33 heavy (non-hydrogen) atoms. The number of hydrogen-bond donors (Lipinski definition) is 4. The second-order valence-electron chi connectivity index (χ2n) is 6.98. The van der Waals surface area contributed by atoms with Gasteiger partial charge in [-0.2, -0.15) is 18.3 Å². The molecule has 0 aliphatic rings. The van der Waals surface area contributed by atoms with Crippen LogP contribution < -0.4 is 5.32 Å². The second-order valence-corrected chi connectivity index (χ2v) is 6.98. The third kappa shape index (κ3) is 6.26. The number of hydrogen-bond acceptors (Lipinski definition) is 6. The van der Waals surface area contributed by atoms with Gasteiger partial charge in [-0.3, -0.25) is 5.10 Å². The van der Waals surface area contributed by atoms with Crippen LogP contribution in [0.25, 0.3) is 22.2 Å². The van der Waals surface area contributed by atoms with Gasteiger partial charge < -0.3 is 15.5 Å². The van der Waals surface area contributed by atoms with E-state index in [1.165, 1.54) is 6.33 Å². The van der Waals surface area contributed by atoms with Crippen LogP contribution in [0.2, 0.25) is 0 Å². The van der Waals surface area contributed by atoms with E-state index in [4.69, 9.17) is 9.90 Å². The number of aliphatic hydroxyl groups is 1. The van der Waals surface area contributed by atoms with E-state index in [9.17, 15) is 18.3 Å². The van der Waals surface area contributed by atoms with Crippen LogP contribution in [-0.4, -0.2) is 49.1 Å². The zero-order valence-electron chi connectivity index (χ0n) is 17.3. The molecule has 0 fully saturated rings. The lowest BCUT2D eigenvalue weighted by molar-refractivity contribution is -0.192. The molecule has 2 heterocycles. The molecule has 0 unspecified atom stereocenters. The van der Waals surface area contributed by atoms with E-state index >= 15 is 0 Å². The van der Waals surface area contributed by atoms with Crippen LogP contribution in [-0.2, 0) is 4.79 Å². The molecule has 0 aliphatic heterocycles. The van der Waals surface area contributed by atoms with Crippen molar-refractivity contribution in [1.82, 2.24) is 20.2 Å². The molecule has 4 N–H and O–H groups in total. The van der Waals surface area contributed by atoms with Crippen LogP contribution in [0.3, 0.4) is 0 Å². The summed E-state index contributed by atoms with van der Waals surface area (Å²) in [5.74, 6) is -2.09. The first kappa shape index (κ1) is 23.7. The Morgan fingerprint density at radius 3 is 2.48 bits per heavy atom. The molecule has 0 amide bonds. The number of aromatic nitrogens is 4. The number of halogens is 3. The van der Waals surface area contributed by atoms with Crippen molar-refractivity contribution in [2.24, 2.45) is 0 Å². The minimum absolute atomic E-state index is 0.373. The lowest BCUT2D eigenvalue weighted by Gasteiger charge is -2.13. The number of aliphatic hydroxyl groups excluding tert-OH is 1. The van der Waals surface area contributed by atoms with Crippen molar-refractivity contribution in [2.75, 3.05) is 11.9 Å². The first-order valence-electron chi connectivity index (χ1n) is 9.69. The molecule has 4 rings (SSSR count). The third-order valence-corrected chi connectivity index (χ3v) is 4.61. The standard InChI is InChI=1S/C20H19N5O.C2HF3O2/c1-13-16-8-7-15(9-18(16)25-24-13)17-10-20(23-12-22-17)21-11-19(26)14-5-3-2-4-6-14;3-2(4,5)1(6)7/h2-10,12,19,26H,11H2,1H3,(H,24,25)(H,21,22,23);(H,6,7)/t19-;/m0./s1. The highest BCUT2D eigenvalue weighted by Gasteiger charge is 2.38. The minimum Gasteiger partial charge on any atom is -0.475 e. The molecule has 0 radical (unpaired) electrons. The summed E-state index contributed by atoms with van der Waals surface area (Å²) in [6, 6.07) is 17.5. The Bertz CT molecular complexity index is 1230. The first-order chi connectivity index (χ1) is 15.6. The maximum atomic E-state index is 10.6. The Labute approximate surface area is 186 Å². The molecule has 1 atom stereocenters.